The van der Waals surface area contributed by atoms with Gasteiger partial charge in [-0.3, -0.25) is 0 Å². The van der Waals surface area contributed by atoms with Crippen molar-refractivity contribution < 1.29 is 9.84 Å². The SMILES string of the molecule is OCCC#Cc1ccc(COc2cccc(Cl)c2Cl)cc1. The maximum atomic E-state index is 8.67. The van der Waals surface area contributed by atoms with Gasteiger partial charge in [-0.15, -0.1) is 0 Å². The standard InChI is InChI=1S/C17H14Cl2O2/c18-15-5-3-6-16(17(15)19)21-12-14-9-7-13(8-10-14)4-1-2-11-20/h3,5-10,20H,2,11-12H2. The Labute approximate surface area is 134 Å². The highest BCUT2D eigenvalue weighted by molar-refractivity contribution is 6.42. The fourth-order valence-electron chi connectivity index (χ4n) is 1.66. The van der Waals surface area contributed by atoms with Gasteiger partial charge in [0.05, 0.1) is 11.6 Å². The van der Waals surface area contributed by atoms with Crippen molar-refractivity contribution in [3.63, 3.8) is 0 Å². The summed E-state index contributed by atoms with van der Waals surface area (Å²) in [4.78, 5) is 0. The quantitative estimate of drug-likeness (QED) is 0.851. The smallest absolute Gasteiger partial charge is 0.139 e. The molecule has 0 atom stereocenters. The third-order valence-electron chi connectivity index (χ3n) is 2.73. The van der Waals surface area contributed by atoms with E-state index < -0.39 is 0 Å². The van der Waals surface area contributed by atoms with Crippen LogP contribution in [0.4, 0.5) is 0 Å². The third-order valence-corrected chi connectivity index (χ3v) is 3.54. The average molecular weight is 321 g/mol. The first-order chi connectivity index (χ1) is 10.2. The van der Waals surface area contributed by atoms with Gasteiger partial charge in [-0.25, -0.2) is 0 Å². The van der Waals surface area contributed by atoms with Crippen molar-refractivity contribution >= 4 is 23.2 Å². The van der Waals surface area contributed by atoms with Crippen molar-refractivity contribution in [2.24, 2.45) is 0 Å². The molecule has 0 unspecified atom stereocenters. The zero-order valence-corrected chi connectivity index (χ0v) is 12.8. The normalized spacial score (nSPS) is 9.86. The molecule has 0 aliphatic heterocycles. The van der Waals surface area contributed by atoms with Crippen LogP contribution in [0, 0.1) is 11.8 Å². The van der Waals surface area contributed by atoms with E-state index in [1.54, 1.807) is 18.2 Å². The lowest BCUT2D eigenvalue weighted by molar-refractivity contribution is 0.305. The van der Waals surface area contributed by atoms with Gasteiger partial charge < -0.3 is 9.84 Å². The van der Waals surface area contributed by atoms with Gasteiger partial charge in [0.15, 0.2) is 0 Å². The Bertz CT molecular complexity index is 655. The van der Waals surface area contributed by atoms with E-state index in [9.17, 15) is 0 Å². The van der Waals surface area contributed by atoms with Gasteiger partial charge in [0.1, 0.15) is 17.4 Å². The fourth-order valence-corrected chi connectivity index (χ4v) is 2.01. The lowest BCUT2D eigenvalue weighted by atomic mass is 10.1. The van der Waals surface area contributed by atoms with Gasteiger partial charge in [-0.1, -0.05) is 53.2 Å². The van der Waals surface area contributed by atoms with Crippen LogP contribution in [0.15, 0.2) is 42.5 Å². The second-order valence-corrected chi connectivity index (χ2v) is 5.10. The number of ether oxygens (including phenoxy) is 1. The first-order valence-corrected chi connectivity index (χ1v) is 7.22. The highest BCUT2D eigenvalue weighted by atomic mass is 35.5. The molecule has 0 bridgehead atoms. The molecule has 0 amide bonds. The zero-order valence-electron chi connectivity index (χ0n) is 11.3. The Balaban J connectivity index is 1.98. The topological polar surface area (TPSA) is 29.5 Å². The molecule has 0 heterocycles. The Morgan fingerprint density at radius 1 is 1.05 bits per heavy atom. The minimum absolute atomic E-state index is 0.0827. The number of halogens is 2. The number of aliphatic hydroxyl groups is 1. The van der Waals surface area contributed by atoms with Crippen LogP contribution in [-0.4, -0.2) is 11.7 Å². The molecule has 108 valence electrons. The van der Waals surface area contributed by atoms with Crippen LogP contribution >= 0.6 is 23.2 Å². The van der Waals surface area contributed by atoms with E-state index in [2.05, 4.69) is 11.8 Å². The van der Waals surface area contributed by atoms with E-state index >= 15 is 0 Å². The molecule has 1 N–H and O–H groups in total. The predicted molar refractivity (Wildman–Crippen MR) is 85.8 cm³/mol. The molecule has 2 rings (SSSR count). The molecule has 0 fully saturated rings. The zero-order chi connectivity index (χ0) is 15.1. The van der Waals surface area contributed by atoms with Crippen molar-refractivity contribution in [1.29, 1.82) is 0 Å². The number of benzene rings is 2. The maximum Gasteiger partial charge on any atom is 0.139 e. The molecule has 0 aliphatic carbocycles. The molecular formula is C17H14Cl2O2. The molecule has 0 saturated heterocycles. The average Bonchev–Trinajstić information content (AvgIpc) is 2.50. The molecule has 0 saturated carbocycles. The molecule has 0 radical (unpaired) electrons. The third kappa shape index (κ3) is 4.68. The van der Waals surface area contributed by atoms with Crippen LogP contribution in [-0.2, 0) is 6.61 Å². The fraction of sp³-hybridized carbons (Fsp3) is 0.176. The van der Waals surface area contributed by atoms with Gasteiger partial charge in [0.25, 0.3) is 0 Å². The van der Waals surface area contributed by atoms with E-state index in [4.69, 9.17) is 33.0 Å². The molecule has 21 heavy (non-hydrogen) atoms. The van der Waals surface area contributed by atoms with Gasteiger partial charge in [0.2, 0.25) is 0 Å². The second-order valence-electron chi connectivity index (χ2n) is 4.31. The van der Waals surface area contributed by atoms with Crippen LogP contribution < -0.4 is 4.74 Å². The Morgan fingerprint density at radius 2 is 1.81 bits per heavy atom. The highest BCUT2D eigenvalue weighted by Gasteiger charge is 2.05. The second kappa shape index (κ2) is 7.95. The van der Waals surface area contributed by atoms with Gasteiger partial charge >= 0.3 is 0 Å². The van der Waals surface area contributed by atoms with Crippen LogP contribution in [0.3, 0.4) is 0 Å². The summed E-state index contributed by atoms with van der Waals surface area (Å²) in [5.74, 6) is 6.42. The highest BCUT2D eigenvalue weighted by Crippen LogP contribution is 2.31. The lowest BCUT2D eigenvalue weighted by Crippen LogP contribution is -1.96. The van der Waals surface area contributed by atoms with Crippen LogP contribution in [0.25, 0.3) is 0 Å². The summed E-state index contributed by atoms with van der Waals surface area (Å²) in [7, 11) is 0. The molecule has 2 aromatic carbocycles. The first-order valence-electron chi connectivity index (χ1n) is 6.46. The Hall–Kier alpha value is -1.66. The summed E-state index contributed by atoms with van der Waals surface area (Å²) >= 11 is 12.0. The van der Waals surface area contributed by atoms with Crippen molar-refractivity contribution in [3.05, 3.63) is 63.6 Å². The monoisotopic (exact) mass is 320 g/mol. The van der Waals surface area contributed by atoms with Crippen LogP contribution in [0.2, 0.25) is 10.0 Å². The number of hydrogen-bond donors (Lipinski definition) is 1. The Morgan fingerprint density at radius 3 is 2.52 bits per heavy atom. The summed E-state index contributed by atoms with van der Waals surface area (Å²) in [6.45, 7) is 0.490. The summed E-state index contributed by atoms with van der Waals surface area (Å²) < 4.78 is 5.66. The summed E-state index contributed by atoms with van der Waals surface area (Å²) in [5, 5.41) is 9.57. The number of aliphatic hydroxyl groups excluding tert-OH is 1. The van der Waals surface area contributed by atoms with Gasteiger partial charge in [0, 0.05) is 12.0 Å². The van der Waals surface area contributed by atoms with Crippen molar-refractivity contribution in [3.8, 4) is 17.6 Å². The van der Waals surface area contributed by atoms with E-state index in [-0.39, 0.29) is 6.61 Å². The van der Waals surface area contributed by atoms with Crippen LogP contribution in [0.5, 0.6) is 5.75 Å². The first kappa shape index (κ1) is 15.7. The predicted octanol–water partition coefficient (Wildman–Crippen LogP) is 4.31. The maximum absolute atomic E-state index is 8.67. The van der Waals surface area contributed by atoms with Crippen molar-refractivity contribution in [2.45, 2.75) is 13.0 Å². The number of rotatable bonds is 4. The van der Waals surface area contributed by atoms with E-state index in [0.29, 0.717) is 28.8 Å². The van der Waals surface area contributed by atoms with Gasteiger partial charge in [-0.05, 0) is 29.8 Å². The van der Waals surface area contributed by atoms with Crippen molar-refractivity contribution in [1.82, 2.24) is 0 Å². The summed E-state index contributed by atoms with van der Waals surface area (Å²) in [6.07, 6.45) is 0.484. The molecule has 4 heteroatoms. The van der Waals surface area contributed by atoms with Gasteiger partial charge in [-0.2, -0.15) is 0 Å². The molecular weight excluding hydrogens is 307 g/mol. The summed E-state index contributed by atoms with van der Waals surface area (Å²) in [6, 6.07) is 13.0. The van der Waals surface area contributed by atoms with Crippen molar-refractivity contribution in [2.75, 3.05) is 6.61 Å². The molecule has 0 aliphatic rings. The largest absolute Gasteiger partial charge is 0.487 e. The lowest BCUT2D eigenvalue weighted by Gasteiger charge is -2.08. The van der Waals surface area contributed by atoms with E-state index in [1.807, 2.05) is 24.3 Å². The minimum Gasteiger partial charge on any atom is -0.487 e. The molecule has 2 aromatic rings. The molecule has 0 aromatic heterocycles. The molecule has 2 nitrogen and oxygen atoms in total. The van der Waals surface area contributed by atoms with Crippen LogP contribution in [0.1, 0.15) is 17.5 Å². The summed E-state index contributed by atoms with van der Waals surface area (Å²) in [5.41, 5.74) is 1.92. The number of hydrogen-bond acceptors (Lipinski definition) is 2. The minimum atomic E-state index is 0.0827. The van der Waals surface area contributed by atoms with E-state index in [0.717, 1.165) is 11.1 Å². The molecule has 0 spiro atoms. The Kier molecular flexibility index (Phi) is 5.95. The van der Waals surface area contributed by atoms with E-state index in [1.165, 1.54) is 0 Å².